The summed E-state index contributed by atoms with van der Waals surface area (Å²) in [4.78, 5) is 5.31. The molecule has 0 saturated carbocycles. The molecular weight excluding hydrogens is 315 g/mol. The van der Waals surface area contributed by atoms with Gasteiger partial charge < -0.3 is 4.84 Å². The Morgan fingerprint density at radius 1 is 1.04 bits per heavy atom. The fourth-order valence-electron chi connectivity index (χ4n) is 1.83. The molecular formula is C19H14F3NO. The molecule has 0 aliphatic rings. The second-order valence-corrected chi connectivity index (χ2v) is 4.73. The van der Waals surface area contributed by atoms with Crippen LogP contribution in [0.25, 0.3) is 0 Å². The van der Waals surface area contributed by atoms with Crippen molar-refractivity contribution in [1.29, 1.82) is 0 Å². The molecule has 1 unspecified atom stereocenters. The molecule has 0 saturated heterocycles. The van der Waals surface area contributed by atoms with Crippen LogP contribution in [0.2, 0.25) is 0 Å². The molecule has 0 aliphatic carbocycles. The molecule has 0 N–H and O–H groups in total. The predicted octanol–water partition coefficient (Wildman–Crippen LogP) is 4.99. The highest BCUT2D eigenvalue weighted by atomic mass is 19.4. The highest BCUT2D eigenvalue weighted by molar-refractivity contribution is 5.69. The minimum absolute atomic E-state index is 0.459. The number of oxime groups is 1. The molecule has 0 aliphatic heterocycles. The molecule has 2 rings (SSSR count). The van der Waals surface area contributed by atoms with E-state index in [2.05, 4.69) is 23.6 Å². The van der Waals surface area contributed by atoms with Crippen molar-refractivity contribution in [3.05, 3.63) is 83.9 Å². The standard InChI is InChI=1S/C19H14F3NO/c1-2-14-23-24-18(16-6-4-3-5-7-16)13-10-15-8-11-17(12-9-15)19(20,21)22/h2-9,11-12,14,18H,1H2/b23-14+. The smallest absolute Gasteiger partial charge is 0.374 e. The molecule has 2 nitrogen and oxygen atoms in total. The maximum absolute atomic E-state index is 12.5. The van der Waals surface area contributed by atoms with E-state index in [0.717, 1.165) is 17.7 Å². The van der Waals surface area contributed by atoms with E-state index in [9.17, 15) is 13.2 Å². The first-order valence-electron chi connectivity index (χ1n) is 7.04. The number of benzene rings is 2. The lowest BCUT2D eigenvalue weighted by atomic mass is 10.1. The van der Waals surface area contributed by atoms with Crippen LogP contribution in [0.1, 0.15) is 22.8 Å². The van der Waals surface area contributed by atoms with E-state index >= 15 is 0 Å². The van der Waals surface area contributed by atoms with Crippen molar-refractivity contribution >= 4 is 6.21 Å². The van der Waals surface area contributed by atoms with Crippen LogP contribution in [-0.4, -0.2) is 6.21 Å². The zero-order chi connectivity index (χ0) is 17.4. The fraction of sp³-hybridized carbons (Fsp3) is 0.105. The third-order valence-corrected chi connectivity index (χ3v) is 2.99. The molecule has 0 amide bonds. The Bertz CT molecular complexity index is 753. The molecule has 0 radical (unpaired) electrons. The van der Waals surface area contributed by atoms with Crippen molar-refractivity contribution in [2.45, 2.75) is 12.3 Å². The zero-order valence-electron chi connectivity index (χ0n) is 12.6. The van der Waals surface area contributed by atoms with Crippen LogP contribution in [0.5, 0.6) is 0 Å². The summed E-state index contributed by atoms with van der Waals surface area (Å²) >= 11 is 0. The quantitative estimate of drug-likeness (QED) is 0.440. The number of alkyl halides is 3. The van der Waals surface area contributed by atoms with Gasteiger partial charge in [-0.15, -0.1) is 0 Å². The lowest BCUT2D eigenvalue weighted by molar-refractivity contribution is -0.137. The van der Waals surface area contributed by atoms with Crippen LogP contribution in [-0.2, 0) is 11.0 Å². The lowest BCUT2D eigenvalue weighted by Gasteiger charge is -2.08. The number of nitrogens with zero attached hydrogens (tertiary/aromatic N) is 1. The third-order valence-electron chi connectivity index (χ3n) is 2.99. The molecule has 24 heavy (non-hydrogen) atoms. The summed E-state index contributed by atoms with van der Waals surface area (Å²) in [6.45, 7) is 3.49. The van der Waals surface area contributed by atoms with Crippen molar-refractivity contribution in [2.24, 2.45) is 5.16 Å². The lowest BCUT2D eigenvalue weighted by Crippen LogP contribution is -2.04. The number of hydrogen-bond donors (Lipinski definition) is 0. The first kappa shape index (κ1) is 17.4. The van der Waals surface area contributed by atoms with Crippen LogP contribution < -0.4 is 0 Å². The fourth-order valence-corrected chi connectivity index (χ4v) is 1.83. The van der Waals surface area contributed by atoms with Gasteiger partial charge in [-0.2, -0.15) is 13.2 Å². The maximum atomic E-state index is 12.5. The number of rotatable bonds is 4. The molecule has 0 heterocycles. The Labute approximate surface area is 138 Å². The first-order chi connectivity index (χ1) is 11.5. The van der Waals surface area contributed by atoms with E-state index in [1.54, 1.807) is 0 Å². The van der Waals surface area contributed by atoms with Gasteiger partial charge in [0.2, 0.25) is 6.10 Å². The van der Waals surface area contributed by atoms with Gasteiger partial charge in [-0.1, -0.05) is 48.0 Å². The summed E-state index contributed by atoms with van der Waals surface area (Å²) in [5, 5.41) is 3.73. The highest BCUT2D eigenvalue weighted by Gasteiger charge is 2.29. The molecule has 1 atom stereocenters. The number of hydrogen-bond acceptors (Lipinski definition) is 2. The molecule has 2 aromatic carbocycles. The summed E-state index contributed by atoms with van der Waals surface area (Å²) in [7, 11) is 0. The normalized spacial score (nSPS) is 12.3. The van der Waals surface area contributed by atoms with E-state index in [0.29, 0.717) is 5.56 Å². The highest BCUT2D eigenvalue weighted by Crippen LogP contribution is 2.29. The Morgan fingerprint density at radius 3 is 2.29 bits per heavy atom. The Hall–Kier alpha value is -3.00. The van der Waals surface area contributed by atoms with Crippen LogP contribution in [0, 0.1) is 11.8 Å². The van der Waals surface area contributed by atoms with Gasteiger partial charge in [0.15, 0.2) is 0 Å². The number of halogens is 3. The average molecular weight is 329 g/mol. The molecule has 0 spiro atoms. The van der Waals surface area contributed by atoms with Gasteiger partial charge in [0, 0.05) is 11.1 Å². The molecule has 5 heteroatoms. The summed E-state index contributed by atoms with van der Waals surface area (Å²) in [5.74, 6) is 5.67. The SMILES string of the molecule is C=C/C=N/OC(C#Cc1ccc(C(F)(F)F)cc1)c1ccccc1. The van der Waals surface area contributed by atoms with Gasteiger partial charge in [0.05, 0.1) is 11.8 Å². The summed E-state index contributed by atoms with van der Waals surface area (Å²) in [5.41, 5.74) is 0.540. The number of allylic oxidation sites excluding steroid dienone is 1. The Morgan fingerprint density at radius 2 is 1.71 bits per heavy atom. The maximum Gasteiger partial charge on any atom is 0.416 e. The summed E-state index contributed by atoms with van der Waals surface area (Å²) in [6.07, 6.45) is -2.15. The van der Waals surface area contributed by atoms with Gasteiger partial charge in [0.1, 0.15) is 0 Å². The average Bonchev–Trinajstić information content (AvgIpc) is 2.58. The second kappa shape index (κ2) is 8.02. The zero-order valence-corrected chi connectivity index (χ0v) is 12.6. The second-order valence-electron chi connectivity index (χ2n) is 4.73. The van der Waals surface area contributed by atoms with Gasteiger partial charge >= 0.3 is 6.18 Å². The molecule has 0 aromatic heterocycles. The molecule has 122 valence electrons. The van der Waals surface area contributed by atoms with Gasteiger partial charge in [-0.25, -0.2) is 0 Å². The van der Waals surface area contributed by atoms with Crippen LogP contribution >= 0.6 is 0 Å². The third kappa shape index (κ3) is 5.03. The van der Waals surface area contributed by atoms with E-state index in [1.807, 2.05) is 30.3 Å². The van der Waals surface area contributed by atoms with E-state index in [4.69, 9.17) is 4.84 Å². The van der Waals surface area contributed by atoms with Gasteiger partial charge in [-0.3, -0.25) is 0 Å². The van der Waals surface area contributed by atoms with Crippen LogP contribution in [0.15, 0.2) is 72.4 Å². The first-order valence-corrected chi connectivity index (χ1v) is 7.04. The largest absolute Gasteiger partial charge is 0.416 e. The van der Waals surface area contributed by atoms with Crippen molar-refractivity contribution < 1.29 is 18.0 Å². The molecule has 0 bridgehead atoms. The predicted molar refractivity (Wildman–Crippen MR) is 87.3 cm³/mol. The van der Waals surface area contributed by atoms with Crippen molar-refractivity contribution in [3.8, 4) is 11.8 Å². The van der Waals surface area contributed by atoms with Crippen LogP contribution in [0.3, 0.4) is 0 Å². The van der Waals surface area contributed by atoms with Crippen LogP contribution in [0.4, 0.5) is 13.2 Å². The van der Waals surface area contributed by atoms with Crippen molar-refractivity contribution in [3.63, 3.8) is 0 Å². The van der Waals surface area contributed by atoms with Gasteiger partial charge in [0.25, 0.3) is 0 Å². The minimum Gasteiger partial charge on any atom is -0.374 e. The van der Waals surface area contributed by atoms with E-state index < -0.39 is 17.8 Å². The van der Waals surface area contributed by atoms with Crippen molar-refractivity contribution in [1.82, 2.24) is 0 Å². The topological polar surface area (TPSA) is 21.6 Å². The van der Waals surface area contributed by atoms with E-state index in [1.165, 1.54) is 24.4 Å². The van der Waals surface area contributed by atoms with E-state index in [-0.39, 0.29) is 0 Å². The summed E-state index contributed by atoms with van der Waals surface area (Å²) in [6, 6.07) is 13.8. The Kier molecular flexibility index (Phi) is 5.80. The monoisotopic (exact) mass is 329 g/mol. The van der Waals surface area contributed by atoms with Crippen molar-refractivity contribution in [2.75, 3.05) is 0 Å². The molecule has 2 aromatic rings. The minimum atomic E-state index is -4.36. The summed E-state index contributed by atoms with van der Waals surface area (Å²) < 4.78 is 37.6. The Balaban J connectivity index is 2.22. The van der Waals surface area contributed by atoms with Gasteiger partial charge in [-0.05, 0) is 36.3 Å². The molecule has 0 fully saturated rings.